The van der Waals surface area contributed by atoms with Crippen LogP contribution < -0.4 is 9.47 Å². The topological polar surface area (TPSA) is 94.5 Å². The summed E-state index contributed by atoms with van der Waals surface area (Å²) in [7, 11) is 0. The number of para-hydroxylation sites is 1. The zero-order chi connectivity index (χ0) is 25.5. The van der Waals surface area contributed by atoms with E-state index in [-0.39, 0.29) is 19.6 Å². The highest BCUT2D eigenvalue weighted by Crippen LogP contribution is 2.23. The van der Waals surface area contributed by atoms with Crippen LogP contribution in [-0.4, -0.2) is 67.7 Å². The Kier molecular flexibility index (Phi) is 13.0. The number of ether oxygens (including phenoxy) is 4. The summed E-state index contributed by atoms with van der Waals surface area (Å²) in [6.07, 6.45) is 0.841. The van der Waals surface area contributed by atoms with E-state index < -0.39 is 18.2 Å². The minimum atomic E-state index is -0.991. The van der Waals surface area contributed by atoms with Crippen LogP contribution in [0.1, 0.15) is 32.3 Å². The van der Waals surface area contributed by atoms with E-state index >= 15 is 0 Å². The minimum absolute atomic E-state index is 0.239. The maximum absolute atomic E-state index is 12.8. The van der Waals surface area contributed by atoms with Gasteiger partial charge in [-0.1, -0.05) is 49.2 Å². The molecule has 0 radical (unpaired) electrons. The average Bonchev–Trinajstić information content (AvgIpc) is 2.84. The summed E-state index contributed by atoms with van der Waals surface area (Å²) in [6.45, 7) is 6.08. The van der Waals surface area contributed by atoms with Gasteiger partial charge in [0.2, 0.25) is 0 Å². The van der Waals surface area contributed by atoms with Crippen LogP contribution in [0.3, 0.4) is 0 Å². The molecule has 1 atom stereocenters. The van der Waals surface area contributed by atoms with Crippen molar-refractivity contribution in [1.29, 1.82) is 0 Å². The van der Waals surface area contributed by atoms with Crippen molar-refractivity contribution < 1.29 is 33.6 Å². The van der Waals surface area contributed by atoms with Gasteiger partial charge in [0.05, 0.1) is 18.2 Å². The summed E-state index contributed by atoms with van der Waals surface area (Å²) < 4.78 is 22.1. The van der Waals surface area contributed by atoms with Crippen molar-refractivity contribution in [2.24, 2.45) is 0 Å². The Bertz CT molecular complexity index is 907. The number of aliphatic carboxylic acids is 1. The molecule has 2 rings (SSSR count). The van der Waals surface area contributed by atoms with Crippen LogP contribution in [-0.2, 0) is 20.7 Å². The largest absolute Gasteiger partial charge is 0.492 e. The van der Waals surface area contributed by atoms with Gasteiger partial charge in [-0.3, -0.25) is 0 Å². The molecule has 0 bridgehead atoms. The highest BCUT2D eigenvalue weighted by atomic mass is 35.5. The molecule has 0 aromatic heterocycles. The summed E-state index contributed by atoms with van der Waals surface area (Å²) in [6, 6.07) is 13.9. The van der Waals surface area contributed by atoms with Crippen molar-refractivity contribution in [2.75, 3.05) is 39.5 Å². The number of unbranched alkanes of at least 4 members (excludes halogenated alkanes) is 1. The first kappa shape index (κ1) is 28.4. The Balaban J connectivity index is 1.91. The van der Waals surface area contributed by atoms with Gasteiger partial charge in [0.25, 0.3) is 0 Å². The fraction of sp³-hybridized carbons (Fsp3) is 0.462. The van der Waals surface area contributed by atoms with E-state index in [0.29, 0.717) is 42.9 Å². The van der Waals surface area contributed by atoms with E-state index in [4.69, 9.17) is 30.5 Å². The maximum atomic E-state index is 12.8. The molecule has 1 amide bonds. The number of rotatable bonds is 16. The number of carboxylic acid groups (broad SMARTS) is 1. The van der Waals surface area contributed by atoms with E-state index in [1.807, 2.05) is 0 Å². The molecule has 0 fully saturated rings. The summed E-state index contributed by atoms with van der Waals surface area (Å²) in [5, 5.41) is 9.59. The van der Waals surface area contributed by atoms with E-state index in [1.165, 1.54) is 4.90 Å². The van der Waals surface area contributed by atoms with E-state index in [0.717, 1.165) is 18.4 Å². The third-order valence-corrected chi connectivity index (χ3v) is 5.37. The second-order valence-electron chi connectivity index (χ2n) is 7.73. The van der Waals surface area contributed by atoms with Gasteiger partial charge in [-0.05, 0) is 43.2 Å². The van der Waals surface area contributed by atoms with Crippen LogP contribution in [0, 0.1) is 0 Å². The molecule has 0 saturated carbocycles. The Morgan fingerprint density at radius 2 is 1.71 bits per heavy atom. The molecule has 0 aliphatic heterocycles. The van der Waals surface area contributed by atoms with Gasteiger partial charge in [-0.25, -0.2) is 9.59 Å². The zero-order valence-corrected chi connectivity index (χ0v) is 21.0. The lowest BCUT2D eigenvalue weighted by atomic mass is 10.1. The molecule has 1 unspecified atom stereocenters. The van der Waals surface area contributed by atoms with Gasteiger partial charge < -0.3 is 29.0 Å². The Morgan fingerprint density at radius 3 is 2.37 bits per heavy atom. The van der Waals surface area contributed by atoms with Gasteiger partial charge in [0, 0.05) is 26.2 Å². The summed E-state index contributed by atoms with van der Waals surface area (Å²) in [4.78, 5) is 25.5. The molecular formula is C26H34ClNO7. The minimum Gasteiger partial charge on any atom is -0.492 e. The van der Waals surface area contributed by atoms with Gasteiger partial charge in [-0.15, -0.1) is 0 Å². The number of carbonyl (C=O) groups excluding carboxylic acids is 1. The van der Waals surface area contributed by atoms with Crippen LogP contribution in [0.2, 0.25) is 5.02 Å². The predicted molar refractivity (Wildman–Crippen MR) is 133 cm³/mol. The van der Waals surface area contributed by atoms with Gasteiger partial charge >= 0.3 is 12.1 Å². The smallest absolute Gasteiger partial charge is 0.415 e. The van der Waals surface area contributed by atoms with Crippen molar-refractivity contribution in [3.05, 3.63) is 59.1 Å². The maximum Gasteiger partial charge on any atom is 0.415 e. The monoisotopic (exact) mass is 507 g/mol. The normalized spacial score (nSPS) is 11.6. The predicted octanol–water partition coefficient (Wildman–Crippen LogP) is 5.07. The highest BCUT2D eigenvalue weighted by molar-refractivity contribution is 6.32. The highest BCUT2D eigenvalue weighted by Gasteiger charge is 2.19. The number of hydrogen-bond donors (Lipinski definition) is 1. The molecular weight excluding hydrogens is 474 g/mol. The van der Waals surface area contributed by atoms with E-state index in [9.17, 15) is 14.7 Å². The number of hydrogen-bond acceptors (Lipinski definition) is 6. The summed E-state index contributed by atoms with van der Waals surface area (Å²) in [5.41, 5.74) is 0.826. The first-order chi connectivity index (χ1) is 16.9. The Hall–Kier alpha value is -2.81. The lowest BCUT2D eigenvalue weighted by Crippen LogP contribution is -2.39. The van der Waals surface area contributed by atoms with Crippen LogP contribution in [0.5, 0.6) is 11.5 Å². The molecule has 2 aromatic carbocycles. The van der Waals surface area contributed by atoms with Crippen molar-refractivity contribution in [3.63, 3.8) is 0 Å². The van der Waals surface area contributed by atoms with E-state index in [2.05, 4.69) is 6.92 Å². The number of carboxylic acids is 1. The van der Waals surface area contributed by atoms with Crippen LogP contribution in [0.15, 0.2) is 48.5 Å². The Labute approximate surface area is 211 Å². The zero-order valence-electron chi connectivity index (χ0n) is 20.3. The van der Waals surface area contributed by atoms with Crippen LogP contribution in [0.4, 0.5) is 4.79 Å². The first-order valence-electron chi connectivity index (χ1n) is 11.8. The van der Waals surface area contributed by atoms with Gasteiger partial charge in [0.15, 0.2) is 11.9 Å². The Morgan fingerprint density at radius 1 is 1.00 bits per heavy atom. The first-order valence-corrected chi connectivity index (χ1v) is 12.2. The second-order valence-corrected chi connectivity index (χ2v) is 8.14. The SMILES string of the molecule is CCCCOCCN(CCOc1ccc(CC(OCC)C(=O)O)cc1)C(=O)Oc1ccccc1Cl. The lowest BCUT2D eigenvalue weighted by Gasteiger charge is -2.22. The lowest BCUT2D eigenvalue weighted by molar-refractivity contribution is -0.149. The number of nitrogens with zero attached hydrogens (tertiary/aromatic N) is 1. The van der Waals surface area contributed by atoms with Crippen molar-refractivity contribution in [3.8, 4) is 11.5 Å². The second kappa shape index (κ2) is 16.0. The fourth-order valence-corrected chi connectivity index (χ4v) is 3.31. The summed E-state index contributed by atoms with van der Waals surface area (Å²) >= 11 is 6.11. The van der Waals surface area contributed by atoms with Crippen molar-refractivity contribution in [1.82, 2.24) is 4.90 Å². The fourth-order valence-electron chi connectivity index (χ4n) is 3.13. The third-order valence-electron chi connectivity index (χ3n) is 5.06. The standard InChI is InChI=1S/C26H34ClNO7/c1-3-5-16-32-17-14-28(26(31)35-23-9-7-6-8-22(23)27)15-18-34-21-12-10-20(11-13-21)19-24(25(29)30)33-4-2/h6-13,24H,3-5,14-19H2,1-2H3,(H,29,30). The average molecular weight is 508 g/mol. The van der Waals surface area contributed by atoms with Gasteiger partial charge in [0.1, 0.15) is 12.4 Å². The van der Waals surface area contributed by atoms with Crippen LogP contribution in [0.25, 0.3) is 0 Å². The number of carbonyl (C=O) groups is 2. The molecule has 9 heteroatoms. The molecule has 0 spiro atoms. The molecule has 8 nitrogen and oxygen atoms in total. The quantitative estimate of drug-likeness (QED) is 0.317. The van der Waals surface area contributed by atoms with Crippen molar-refractivity contribution >= 4 is 23.7 Å². The molecule has 0 aliphatic rings. The summed E-state index contributed by atoms with van der Waals surface area (Å²) in [5.74, 6) is -0.0930. The molecule has 1 N–H and O–H groups in total. The molecule has 0 saturated heterocycles. The number of amides is 1. The van der Waals surface area contributed by atoms with Crippen molar-refractivity contribution in [2.45, 2.75) is 39.2 Å². The van der Waals surface area contributed by atoms with E-state index in [1.54, 1.807) is 55.5 Å². The molecule has 0 aliphatic carbocycles. The van der Waals surface area contributed by atoms with Crippen LogP contribution >= 0.6 is 11.6 Å². The molecule has 35 heavy (non-hydrogen) atoms. The van der Waals surface area contributed by atoms with Gasteiger partial charge in [-0.2, -0.15) is 0 Å². The molecule has 192 valence electrons. The molecule has 2 aromatic rings. The number of halogens is 1. The number of benzene rings is 2. The molecule has 0 heterocycles. The third kappa shape index (κ3) is 10.5.